The quantitative estimate of drug-likeness (QED) is 0.0153. The molecule has 2 aliphatic heterocycles. The molecule has 2 aliphatic rings. The van der Waals surface area contributed by atoms with E-state index in [0.717, 1.165) is 70.6 Å². The number of hydrogen-bond acceptors (Lipinski definition) is 15. The molecule has 7 N–H and O–H groups in total. The number of rotatable bonds is 37. The Balaban J connectivity index is 1.86. The van der Waals surface area contributed by atoms with E-state index in [9.17, 15) is 45.3 Å². The lowest BCUT2D eigenvalue weighted by Crippen LogP contribution is -2.61. The Bertz CT molecular complexity index is 1380. The fraction of sp³-hybridized carbons (Fsp3) is 0.765. The first-order chi connectivity index (χ1) is 32.0. The van der Waals surface area contributed by atoms with Crippen molar-refractivity contribution in [1.29, 1.82) is 0 Å². The maximum atomic E-state index is 13.0. The van der Waals surface area contributed by atoms with Gasteiger partial charge in [0.2, 0.25) is 0 Å². The molecule has 0 radical (unpaired) electrons. The molecular formula is C51H86O15. The number of aliphatic hydroxyl groups excluding tert-OH is 7. The smallest absolute Gasteiger partial charge is 0.306 e. The first-order valence-corrected chi connectivity index (χ1v) is 24.9. The molecule has 2 rings (SSSR count). The number of unbranched alkanes of at least 4 members (excludes halogenated alkanes) is 14. The topological polar surface area (TPSA) is 231 Å². The zero-order valence-electron chi connectivity index (χ0n) is 39.9. The van der Waals surface area contributed by atoms with Crippen LogP contribution in [0.4, 0.5) is 0 Å². The van der Waals surface area contributed by atoms with Gasteiger partial charge in [0.25, 0.3) is 0 Å². The van der Waals surface area contributed by atoms with Crippen LogP contribution in [0, 0.1) is 0 Å². The highest BCUT2D eigenvalue weighted by atomic mass is 16.7. The minimum atomic E-state index is -1.78. The van der Waals surface area contributed by atoms with Gasteiger partial charge in [-0.2, -0.15) is 0 Å². The lowest BCUT2D eigenvalue weighted by Gasteiger charge is -2.42. The van der Waals surface area contributed by atoms with Crippen molar-refractivity contribution >= 4 is 11.9 Å². The van der Waals surface area contributed by atoms with E-state index in [4.69, 9.17) is 28.4 Å². The molecule has 2 fully saturated rings. The molecular weight excluding hydrogens is 853 g/mol. The van der Waals surface area contributed by atoms with Crippen molar-refractivity contribution in [2.24, 2.45) is 0 Å². The highest BCUT2D eigenvalue weighted by Crippen LogP contribution is 2.26. The largest absolute Gasteiger partial charge is 0.462 e. The van der Waals surface area contributed by atoms with E-state index in [1.54, 1.807) is 0 Å². The Morgan fingerprint density at radius 2 is 0.955 bits per heavy atom. The number of hydrogen-bond donors (Lipinski definition) is 7. The van der Waals surface area contributed by atoms with Crippen LogP contribution in [0.1, 0.15) is 155 Å². The Morgan fingerprint density at radius 1 is 0.500 bits per heavy atom. The van der Waals surface area contributed by atoms with Crippen LogP contribution in [0.3, 0.4) is 0 Å². The van der Waals surface area contributed by atoms with Gasteiger partial charge in [-0.3, -0.25) is 9.59 Å². The molecule has 0 aromatic rings. The van der Waals surface area contributed by atoms with Crippen LogP contribution < -0.4 is 0 Å². The Kier molecular flexibility index (Phi) is 34.2. The van der Waals surface area contributed by atoms with Crippen LogP contribution >= 0.6 is 0 Å². The van der Waals surface area contributed by atoms with Crippen LogP contribution in [0.15, 0.2) is 60.8 Å². The summed E-state index contributed by atoms with van der Waals surface area (Å²) in [5.74, 6) is -0.993. The lowest BCUT2D eigenvalue weighted by atomic mass is 9.98. The molecule has 0 amide bonds. The molecule has 4 unspecified atom stereocenters. The summed E-state index contributed by atoms with van der Waals surface area (Å²) in [6, 6.07) is 0. The van der Waals surface area contributed by atoms with E-state index in [1.807, 2.05) is 0 Å². The second-order valence-corrected chi connectivity index (χ2v) is 17.3. The predicted octanol–water partition coefficient (Wildman–Crippen LogP) is 6.49. The number of ether oxygens (including phenoxy) is 6. The SMILES string of the molecule is CCCCC/C=C/C/C=C/C/C=C/CCCCC(=O)OC[C@H](CO[C@@H]1O[C@H](CO[C@@H]2O[C@H](CO)[C@H](O)C(O)C2O)[C@H](O)C(O)C1O)OC(=O)CCCCCCC/C=C/C=C/CCCCCC. The first-order valence-electron chi connectivity index (χ1n) is 24.9. The molecule has 0 saturated carbocycles. The zero-order chi connectivity index (χ0) is 48.2. The molecule has 15 heteroatoms. The maximum absolute atomic E-state index is 13.0. The fourth-order valence-corrected chi connectivity index (χ4v) is 7.33. The lowest BCUT2D eigenvalue weighted by molar-refractivity contribution is -0.332. The van der Waals surface area contributed by atoms with Crippen LogP contribution in [-0.2, 0) is 38.0 Å². The summed E-state index contributed by atoms with van der Waals surface area (Å²) in [7, 11) is 0. The van der Waals surface area contributed by atoms with Gasteiger partial charge in [-0.15, -0.1) is 0 Å². The van der Waals surface area contributed by atoms with Crippen molar-refractivity contribution in [3.63, 3.8) is 0 Å². The molecule has 0 spiro atoms. The predicted molar refractivity (Wildman–Crippen MR) is 252 cm³/mol. The monoisotopic (exact) mass is 939 g/mol. The van der Waals surface area contributed by atoms with Crippen molar-refractivity contribution in [3.8, 4) is 0 Å². The standard InChI is InChI=1S/C51H86O15/c1-3-5-7-9-11-13-15-17-19-21-23-25-27-29-31-33-42(53)61-36-39(64-43(54)34-32-30-28-26-24-22-20-18-16-14-12-10-8-6-4-2)37-62-50-49(60)47(58)45(56)41(66-50)38-63-51-48(59)46(57)44(55)40(35-52)65-51/h11,13-14,16-20,23,25,39-41,44-52,55-60H,3-10,12,15,21-22,24,26-38H2,1-2H3/b13-11+,16-14+,19-17+,20-18+,25-23+/t39-,40-,41-,44+,45+,46?,47?,48?,49?,50-,51-/m1/s1. The van der Waals surface area contributed by atoms with Gasteiger partial charge in [-0.25, -0.2) is 0 Å². The minimum Gasteiger partial charge on any atom is -0.462 e. The summed E-state index contributed by atoms with van der Waals surface area (Å²) in [5, 5.41) is 72.0. The van der Waals surface area contributed by atoms with Crippen molar-refractivity contribution in [2.45, 2.75) is 223 Å². The number of carbonyl (C=O) groups is 2. The minimum absolute atomic E-state index is 0.137. The molecule has 66 heavy (non-hydrogen) atoms. The summed E-state index contributed by atoms with van der Waals surface area (Å²) in [4.78, 5) is 25.7. The third kappa shape index (κ3) is 26.1. The average Bonchev–Trinajstić information content (AvgIpc) is 3.31. The molecule has 2 heterocycles. The van der Waals surface area contributed by atoms with E-state index in [1.165, 1.54) is 44.9 Å². The van der Waals surface area contributed by atoms with Gasteiger partial charge in [-0.1, -0.05) is 126 Å². The zero-order valence-corrected chi connectivity index (χ0v) is 39.9. The Labute approximate surface area is 394 Å². The number of esters is 2. The number of carbonyl (C=O) groups excluding carboxylic acids is 2. The van der Waals surface area contributed by atoms with Gasteiger partial charge in [0, 0.05) is 12.8 Å². The first kappa shape index (κ1) is 59.3. The van der Waals surface area contributed by atoms with Crippen LogP contribution in [0.2, 0.25) is 0 Å². The summed E-state index contributed by atoms with van der Waals surface area (Å²) in [6.07, 6.45) is 25.4. The van der Waals surface area contributed by atoms with E-state index in [0.29, 0.717) is 12.8 Å². The van der Waals surface area contributed by atoms with Crippen LogP contribution in [0.25, 0.3) is 0 Å². The maximum Gasteiger partial charge on any atom is 0.306 e. The van der Waals surface area contributed by atoms with Crippen LogP contribution in [0.5, 0.6) is 0 Å². The van der Waals surface area contributed by atoms with Crippen molar-refractivity contribution in [1.82, 2.24) is 0 Å². The summed E-state index contributed by atoms with van der Waals surface area (Å²) >= 11 is 0. The third-order valence-electron chi connectivity index (χ3n) is 11.5. The van der Waals surface area contributed by atoms with Gasteiger partial charge in [0.1, 0.15) is 55.4 Å². The average molecular weight is 939 g/mol. The fourth-order valence-electron chi connectivity index (χ4n) is 7.33. The number of allylic oxidation sites excluding steroid dienone is 10. The molecule has 2 saturated heterocycles. The Morgan fingerprint density at radius 3 is 1.58 bits per heavy atom. The second-order valence-electron chi connectivity index (χ2n) is 17.3. The van der Waals surface area contributed by atoms with Crippen molar-refractivity contribution in [3.05, 3.63) is 60.8 Å². The van der Waals surface area contributed by atoms with Gasteiger partial charge >= 0.3 is 11.9 Å². The van der Waals surface area contributed by atoms with Gasteiger partial charge < -0.3 is 64.2 Å². The Hall–Kier alpha value is -2.80. The highest BCUT2D eigenvalue weighted by molar-refractivity contribution is 5.70. The molecule has 0 aliphatic carbocycles. The van der Waals surface area contributed by atoms with E-state index in [2.05, 4.69) is 74.6 Å². The highest BCUT2D eigenvalue weighted by Gasteiger charge is 2.47. The molecule has 0 aromatic carbocycles. The normalized spacial score (nSPS) is 26.7. The van der Waals surface area contributed by atoms with Gasteiger partial charge in [0.05, 0.1) is 19.8 Å². The van der Waals surface area contributed by atoms with Crippen molar-refractivity contribution < 1.29 is 73.8 Å². The number of aliphatic hydroxyl groups is 7. The summed E-state index contributed by atoms with van der Waals surface area (Å²) in [6.45, 7) is 2.46. The third-order valence-corrected chi connectivity index (χ3v) is 11.5. The summed E-state index contributed by atoms with van der Waals surface area (Å²) < 4.78 is 33.5. The van der Waals surface area contributed by atoms with Crippen LogP contribution in [-0.4, -0.2) is 142 Å². The van der Waals surface area contributed by atoms with E-state index >= 15 is 0 Å². The molecule has 0 aromatic heterocycles. The second kappa shape index (κ2) is 38.1. The summed E-state index contributed by atoms with van der Waals surface area (Å²) in [5.41, 5.74) is 0. The van der Waals surface area contributed by atoms with Crippen molar-refractivity contribution in [2.75, 3.05) is 26.4 Å². The molecule has 380 valence electrons. The van der Waals surface area contributed by atoms with E-state index < -0.39 is 99.3 Å². The van der Waals surface area contributed by atoms with Gasteiger partial charge in [0.15, 0.2) is 18.7 Å². The molecule has 0 bridgehead atoms. The van der Waals surface area contributed by atoms with Gasteiger partial charge in [-0.05, 0) is 77.0 Å². The molecule has 15 nitrogen and oxygen atoms in total. The molecule has 11 atom stereocenters. The van der Waals surface area contributed by atoms with E-state index in [-0.39, 0.29) is 19.4 Å².